The fourth-order valence-corrected chi connectivity index (χ4v) is 2.96. The van der Waals surface area contributed by atoms with Crippen molar-refractivity contribution in [1.29, 1.82) is 0 Å². The first-order valence-corrected chi connectivity index (χ1v) is 6.85. The van der Waals surface area contributed by atoms with Crippen LogP contribution in [0.5, 0.6) is 0 Å². The SMILES string of the molecule is Cc1nc2cc3c(cc2n1CCC(=O)O)CCCC3. The Balaban J connectivity index is 2.06. The van der Waals surface area contributed by atoms with Crippen molar-refractivity contribution in [2.24, 2.45) is 0 Å². The van der Waals surface area contributed by atoms with Gasteiger partial charge in [0.25, 0.3) is 0 Å². The summed E-state index contributed by atoms with van der Waals surface area (Å²) in [6, 6.07) is 4.40. The molecule has 1 N–H and O–H groups in total. The Hall–Kier alpha value is -1.84. The number of rotatable bonds is 3. The van der Waals surface area contributed by atoms with E-state index in [-0.39, 0.29) is 6.42 Å². The lowest BCUT2D eigenvalue weighted by molar-refractivity contribution is -0.137. The fraction of sp³-hybridized carbons (Fsp3) is 0.467. The number of carboxylic acids is 1. The molecule has 0 unspecified atom stereocenters. The third kappa shape index (κ3) is 2.23. The van der Waals surface area contributed by atoms with E-state index in [0.29, 0.717) is 6.54 Å². The van der Waals surface area contributed by atoms with Gasteiger partial charge in [0.05, 0.1) is 17.5 Å². The summed E-state index contributed by atoms with van der Waals surface area (Å²) in [4.78, 5) is 15.3. The molecule has 1 aliphatic rings. The molecule has 0 spiro atoms. The van der Waals surface area contributed by atoms with Gasteiger partial charge in [0.15, 0.2) is 0 Å². The standard InChI is InChI=1S/C15H18N2O2/c1-10-16-13-8-11-4-2-3-5-12(11)9-14(13)17(10)7-6-15(18)19/h8-9H,2-7H2,1H3,(H,18,19). The van der Waals surface area contributed by atoms with Crippen LogP contribution in [0.1, 0.15) is 36.2 Å². The van der Waals surface area contributed by atoms with E-state index in [1.165, 1.54) is 24.0 Å². The summed E-state index contributed by atoms with van der Waals surface area (Å²) in [5.74, 6) is 0.137. The molecule has 19 heavy (non-hydrogen) atoms. The summed E-state index contributed by atoms with van der Waals surface area (Å²) in [6.07, 6.45) is 4.93. The molecular formula is C15H18N2O2. The number of imidazole rings is 1. The lowest BCUT2D eigenvalue weighted by Gasteiger charge is -2.15. The number of nitrogens with zero attached hydrogens (tertiary/aromatic N) is 2. The summed E-state index contributed by atoms with van der Waals surface area (Å²) < 4.78 is 2.03. The first-order valence-electron chi connectivity index (χ1n) is 6.85. The van der Waals surface area contributed by atoms with Crippen molar-refractivity contribution in [2.75, 3.05) is 0 Å². The molecule has 0 fully saturated rings. The molecule has 0 aliphatic heterocycles. The van der Waals surface area contributed by atoms with E-state index in [2.05, 4.69) is 17.1 Å². The Morgan fingerprint density at radius 2 is 2.00 bits per heavy atom. The van der Waals surface area contributed by atoms with E-state index >= 15 is 0 Å². The van der Waals surface area contributed by atoms with Gasteiger partial charge in [0.2, 0.25) is 0 Å². The van der Waals surface area contributed by atoms with Crippen LogP contribution in [0.15, 0.2) is 12.1 Å². The Kier molecular flexibility index (Phi) is 3.01. The fourth-order valence-electron chi connectivity index (χ4n) is 2.96. The van der Waals surface area contributed by atoms with Gasteiger partial charge in [-0.25, -0.2) is 4.98 Å². The van der Waals surface area contributed by atoms with Gasteiger partial charge in [-0.05, 0) is 55.9 Å². The smallest absolute Gasteiger partial charge is 0.305 e. The predicted molar refractivity (Wildman–Crippen MR) is 73.4 cm³/mol. The van der Waals surface area contributed by atoms with E-state index in [9.17, 15) is 4.79 Å². The van der Waals surface area contributed by atoms with Gasteiger partial charge in [-0.2, -0.15) is 0 Å². The van der Waals surface area contributed by atoms with Crippen LogP contribution in [0.2, 0.25) is 0 Å². The number of benzene rings is 1. The highest BCUT2D eigenvalue weighted by Crippen LogP contribution is 2.27. The van der Waals surface area contributed by atoms with Crippen LogP contribution in [0.25, 0.3) is 11.0 Å². The van der Waals surface area contributed by atoms with Crippen LogP contribution in [-0.2, 0) is 24.2 Å². The van der Waals surface area contributed by atoms with Gasteiger partial charge in [0.1, 0.15) is 5.82 Å². The zero-order valence-corrected chi connectivity index (χ0v) is 11.1. The molecular weight excluding hydrogens is 240 g/mol. The van der Waals surface area contributed by atoms with Crippen LogP contribution >= 0.6 is 0 Å². The average molecular weight is 258 g/mol. The highest BCUT2D eigenvalue weighted by molar-refractivity contribution is 5.78. The summed E-state index contributed by atoms with van der Waals surface area (Å²) in [5, 5.41) is 8.83. The number of fused-ring (bicyclic) bond motifs is 2. The zero-order valence-electron chi connectivity index (χ0n) is 11.1. The monoisotopic (exact) mass is 258 g/mol. The largest absolute Gasteiger partial charge is 0.481 e. The average Bonchev–Trinajstić information content (AvgIpc) is 2.68. The van der Waals surface area contributed by atoms with E-state index < -0.39 is 5.97 Å². The quantitative estimate of drug-likeness (QED) is 0.921. The van der Waals surface area contributed by atoms with Gasteiger partial charge in [-0.1, -0.05) is 0 Å². The van der Waals surface area contributed by atoms with Crippen LogP contribution in [-0.4, -0.2) is 20.6 Å². The Morgan fingerprint density at radius 3 is 2.68 bits per heavy atom. The topological polar surface area (TPSA) is 55.1 Å². The minimum atomic E-state index is -0.765. The highest BCUT2D eigenvalue weighted by atomic mass is 16.4. The van der Waals surface area contributed by atoms with Crippen molar-refractivity contribution in [3.05, 3.63) is 29.1 Å². The van der Waals surface area contributed by atoms with Gasteiger partial charge < -0.3 is 9.67 Å². The van der Waals surface area contributed by atoms with Crippen LogP contribution in [0.3, 0.4) is 0 Å². The molecule has 4 heteroatoms. The number of aryl methyl sites for hydroxylation is 4. The number of hydrogen-bond acceptors (Lipinski definition) is 2. The highest BCUT2D eigenvalue weighted by Gasteiger charge is 2.15. The lowest BCUT2D eigenvalue weighted by atomic mass is 9.91. The third-order valence-electron chi connectivity index (χ3n) is 3.95. The lowest BCUT2D eigenvalue weighted by Crippen LogP contribution is -2.07. The van der Waals surface area contributed by atoms with E-state index in [1.807, 2.05) is 11.5 Å². The number of aliphatic carboxylic acids is 1. The molecule has 1 heterocycles. The molecule has 1 aromatic carbocycles. The maximum atomic E-state index is 10.7. The van der Waals surface area contributed by atoms with E-state index in [1.54, 1.807) is 0 Å². The number of hydrogen-bond donors (Lipinski definition) is 1. The summed E-state index contributed by atoms with van der Waals surface area (Å²) in [7, 11) is 0. The molecule has 0 radical (unpaired) electrons. The number of carbonyl (C=O) groups is 1. The van der Waals surface area contributed by atoms with Crippen molar-refractivity contribution in [2.45, 2.75) is 45.6 Å². The zero-order chi connectivity index (χ0) is 13.4. The molecule has 0 saturated heterocycles. The first kappa shape index (κ1) is 12.2. The molecule has 1 aliphatic carbocycles. The maximum absolute atomic E-state index is 10.7. The second kappa shape index (κ2) is 4.68. The minimum Gasteiger partial charge on any atom is -0.481 e. The van der Waals surface area contributed by atoms with Crippen molar-refractivity contribution in [1.82, 2.24) is 9.55 Å². The van der Waals surface area contributed by atoms with Crippen LogP contribution < -0.4 is 0 Å². The Labute approximate surface area is 112 Å². The number of aromatic nitrogens is 2. The Morgan fingerprint density at radius 1 is 1.32 bits per heavy atom. The predicted octanol–water partition coefficient (Wildman–Crippen LogP) is 2.70. The normalized spacial score (nSPS) is 14.6. The van der Waals surface area contributed by atoms with Gasteiger partial charge in [0, 0.05) is 6.54 Å². The van der Waals surface area contributed by atoms with Gasteiger partial charge in [-0.3, -0.25) is 4.79 Å². The summed E-state index contributed by atoms with van der Waals surface area (Å²) in [5.41, 5.74) is 4.92. The van der Waals surface area contributed by atoms with Gasteiger partial charge in [-0.15, -0.1) is 0 Å². The van der Waals surface area contributed by atoms with E-state index in [4.69, 9.17) is 5.11 Å². The van der Waals surface area contributed by atoms with Crippen LogP contribution in [0, 0.1) is 6.92 Å². The summed E-state index contributed by atoms with van der Waals surface area (Å²) in [6.45, 7) is 2.44. The molecule has 0 saturated carbocycles. The van der Waals surface area contributed by atoms with Crippen molar-refractivity contribution >= 4 is 17.0 Å². The molecule has 4 nitrogen and oxygen atoms in total. The molecule has 0 atom stereocenters. The maximum Gasteiger partial charge on any atom is 0.305 e. The molecule has 3 rings (SSSR count). The molecule has 0 bridgehead atoms. The van der Waals surface area contributed by atoms with E-state index in [0.717, 1.165) is 29.7 Å². The third-order valence-corrected chi connectivity index (χ3v) is 3.95. The molecule has 1 aromatic heterocycles. The van der Waals surface area contributed by atoms with Crippen molar-refractivity contribution in [3.63, 3.8) is 0 Å². The molecule has 0 amide bonds. The van der Waals surface area contributed by atoms with Crippen molar-refractivity contribution < 1.29 is 9.90 Å². The summed E-state index contributed by atoms with van der Waals surface area (Å²) >= 11 is 0. The minimum absolute atomic E-state index is 0.142. The molecule has 2 aromatic rings. The molecule has 100 valence electrons. The Bertz CT molecular complexity index is 643. The first-order chi connectivity index (χ1) is 9.15. The second-order valence-electron chi connectivity index (χ2n) is 5.27. The van der Waals surface area contributed by atoms with Gasteiger partial charge >= 0.3 is 5.97 Å². The number of carboxylic acid groups (broad SMARTS) is 1. The van der Waals surface area contributed by atoms with Crippen LogP contribution in [0.4, 0.5) is 0 Å². The van der Waals surface area contributed by atoms with Crippen molar-refractivity contribution in [3.8, 4) is 0 Å². The second-order valence-corrected chi connectivity index (χ2v) is 5.27.